The first kappa shape index (κ1) is 16.0. The molecule has 116 valence electrons. The first-order valence-electron chi connectivity index (χ1n) is 6.76. The third-order valence-corrected chi connectivity index (χ3v) is 3.76. The number of carbonyl (C=O) groups excluding carboxylic acids is 1. The minimum Gasteiger partial charge on any atom is -0.433 e. The van der Waals surface area contributed by atoms with Crippen molar-refractivity contribution >= 4 is 23.2 Å². The van der Waals surface area contributed by atoms with Crippen molar-refractivity contribution in [3.05, 3.63) is 23.2 Å². The Kier molecular flexibility index (Phi) is 5.36. The normalized spacial score (nSPS) is 22.1. The summed E-state index contributed by atoms with van der Waals surface area (Å²) in [5.74, 6) is -0.0229. The van der Waals surface area contributed by atoms with Crippen molar-refractivity contribution in [2.24, 2.45) is 5.92 Å². The highest BCUT2D eigenvalue weighted by Gasteiger charge is 2.27. The van der Waals surface area contributed by atoms with E-state index in [1.807, 2.05) is 6.92 Å². The van der Waals surface area contributed by atoms with Crippen LogP contribution in [0.25, 0.3) is 0 Å². The fourth-order valence-corrected chi connectivity index (χ4v) is 2.62. The highest BCUT2D eigenvalue weighted by atomic mass is 35.5. The molecule has 0 bridgehead atoms. The van der Waals surface area contributed by atoms with E-state index in [2.05, 4.69) is 15.4 Å². The molecule has 1 aliphatic rings. The van der Waals surface area contributed by atoms with E-state index in [-0.39, 0.29) is 28.6 Å². The molecule has 0 saturated carbocycles. The predicted octanol–water partition coefficient (Wildman–Crippen LogP) is 3.27. The van der Waals surface area contributed by atoms with E-state index in [0.29, 0.717) is 5.69 Å². The Balaban J connectivity index is 2.02. The monoisotopic (exact) mass is 318 g/mol. The fourth-order valence-electron chi connectivity index (χ4n) is 2.39. The number of piperidine rings is 1. The van der Waals surface area contributed by atoms with Gasteiger partial charge in [-0.15, -0.1) is 0 Å². The van der Waals surface area contributed by atoms with Gasteiger partial charge in [0, 0.05) is 5.69 Å². The molecule has 2 rings (SSSR count). The summed E-state index contributed by atoms with van der Waals surface area (Å²) in [6.07, 6.45) is 2.05. The summed E-state index contributed by atoms with van der Waals surface area (Å²) in [6, 6.07) is 3.93. The smallest absolute Gasteiger partial charge is 0.387 e. The summed E-state index contributed by atoms with van der Waals surface area (Å²) >= 11 is 5.85. The molecule has 1 amide bonds. The highest BCUT2D eigenvalue weighted by Crippen LogP contribution is 2.29. The molecule has 1 aliphatic heterocycles. The second-order valence-corrected chi connectivity index (χ2v) is 5.47. The molecule has 2 atom stereocenters. The van der Waals surface area contributed by atoms with Crippen molar-refractivity contribution in [2.75, 3.05) is 11.9 Å². The first-order valence-corrected chi connectivity index (χ1v) is 7.14. The Morgan fingerprint density at radius 3 is 2.90 bits per heavy atom. The van der Waals surface area contributed by atoms with Crippen LogP contribution in [0.5, 0.6) is 5.75 Å². The number of hydrogen-bond donors (Lipinski definition) is 2. The summed E-state index contributed by atoms with van der Waals surface area (Å²) in [7, 11) is 0. The van der Waals surface area contributed by atoms with Gasteiger partial charge in [0.2, 0.25) is 5.91 Å². The number of nitrogens with one attached hydrogen (secondary N) is 2. The van der Waals surface area contributed by atoms with Crippen LogP contribution in [-0.4, -0.2) is 25.1 Å². The maximum atomic E-state index is 12.2. The molecule has 0 spiro atoms. The lowest BCUT2D eigenvalue weighted by atomic mass is 9.92. The van der Waals surface area contributed by atoms with Crippen molar-refractivity contribution in [1.82, 2.24) is 5.32 Å². The molecule has 7 heteroatoms. The average molecular weight is 319 g/mol. The zero-order valence-electron chi connectivity index (χ0n) is 11.5. The number of hydrogen-bond acceptors (Lipinski definition) is 3. The van der Waals surface area contributed by atoms with Crippen LogP contribution in [0.2, 0.25) is 5.02 Å². The van der Waals surface area contributed by atoms with Crippen molar-refractivity contribution in [1.29, 1.82) is 0 Å². The van der Waals surface area contributed by atoms with Crippen LogP contribution in [0.4, 0.5) is 14.5 Å². The van der Waals surface area contributed by atoms with Crippen molar-refractivity contribution in [3.8, 4) is 5.75 Å². The zero-order valence-corrected chi connectivity index (χ0v) is 12.3. The van der Waals surface area contributed by atoms with Crippen LogP contribution < -0.4 is 15.4 Å². The Morgan fingerprint density at radius 1 is 1.52 bits per heavy atom. The molecule has 2 unspecified atom stereocenters. The Labute approximate surface area is 126 Å². The van der Waals surface area contributed by atoms with Crippen LogP contribution in [0.1, 0.15) is 19.8 Å². The number of ether oxygens (including phenoxy) is 1. The summed E-state index contributed by atoms with van der Waals surface area (Å²) in [5, 5.41) is 5.93. The molecule has 1 aromatic carbocycles. The summed E-state index contributed by atoms with van der Waals surface area (Å²) in [6.45, 7) is -0.108. The van der Waals surface area contributed by atoms with Crippen LogP contribution in [0.3, 0.4) is 0 Å². The van der Waals surface area contributed by atoms with Crippen LogP contribution in [-0.2, 0) is 4.79 Å². The third kappa shape index (κ3) is 4.28. The molecule has 21 heavy (non-hydrogen) atoms. The molecule has 0 aromatic heterocycles. The molecule has 1 saturated heterocycles. The number of benzene rings is 1. The molecule has 0 aliphatic carbocycles. The van der Waals surface area contributed by atoms with E-state index in [1.165, 1.54) is 18.2 Å². The molecule has 1 fully saturated rings. The SMILES string of the molecule is CC1CCCNC1C(=O)Nc1ccc(OC(F)F)c(Cl)c1. The molecular formula is C14H17ClF2N2O2. The summed E-state index contributed by atoms with van der Waals surface area (Å²) in [5.41, 5.74) is 0.450. The van der Waals surface area contributed by atoms with Gasteiger partial charge in [0.15, 0.2) is 0 Å². The molecule has 1 heterocycles. The van der Waals surface area contributed by atoms with E-state index in [0.717, 1.165) is 19.4 Å². The lowest BCUT2D eigenvalue weighted by molar-refractivity contribution is -0.119. The fraction of sp³-hybridized carbons (Fsp3) is 0.500. The predicted molar refractivity (Wildman–Crippen MR) is 76.9 cm³/mol. The van der Waals surface area contributed by atoms with Crippen LogP contribution >= 0.6 is 11.6 Å². The maximum absolute atomic E-state index is 12.2. The van der Waals surface area contributed by atoms with Gasteiger partial charge in [-0.2, -0.15) is 8.78 Å². The quantitative estimate of drug-likeness (QED) is 0.896. The first-order chi connectivity index (χ1) is 9.97. The minimum atomic E-state index is -2.93. The van der Waals surface area contributed by atoms with Gasteiger partial charge in [0.05, 0.1) is 11.1 Å². The molecule has 0 radical (unpaired) electrons. The summed E-state index contributed by atoms with van der Waals surface area (Å²) in [4.78, 5) is 12.2. The van der Waals surface area contributed by atoms with Gasteiger partial charge >= 0.3 is 6.61 Å². The topological polar surface area (TPSA) is 50.4 Å². The van der Waals surface area contributed by atoms with Gasteiger partial charge in [0.1, 0.15) is 5.75 Å². The zero-order chi connectivity index (χ0) is 15.4. The van der Waals surface area contributed by atoms with Gasteiger partial charge in [-0.1, -0.05) is 18.5 Å². The second kappa shape index (κ2) is 7.04. The average Bonchev–Trinajstić information content (AvgIpc) is 2.42. The van der Waals surface area contributed by atoms with Gasteiger partial charge in [-0.3, -0.25) is 4.79 Å². The Morgan fingerprint density at radius 2 is 2.29 bits per heavy atom. The van der Waals surface area contributed by atoms with E-state index in [4.69, 9.17) is 11.6 Å². The highest BCUT2D eigenvalue weighted by molar-refractivity contribution is 6.32. The standard InChI is InChI=1S/C14H17ClF2N2O2/c1-8-3-2-6-18-12(8)13(20)19-9-4-5-11(10(15)7-9)21-14(16)17/h4-5,7-8,12,14,18H,2-3,6H2,1H3,(H,19,20). The Bertz CT molecular complexity index is 514. The second-order valence-electron chi connectivity index (χ2n) is 5.06. The van der Waals surface area contributed by atoms with Crippen LogP contribution in [0.15, 0.2) is 18.2 Å². The summed E-state index contributed by atoms with van der Waals surface area (Å²) < 4.78 is 28.5. The number of carbonyl (C=O) groups is 1. The lowest BCUT2D eigenvalue weighted by Gasteiger charge is -2.28. The Hall–Kier alpha value is -1.40. The molecule has 2 N–H and O–H groups in total. The van der Waals surface area contributed by atoms with E-state index >= 15 is 0 Å². The third-order valence-electron chi connectivity index (χ3n) is 3.47. The molecular weight excluding hydrogens is 302 g/mol. The minimum absolute atomic E-state index is 0.0257. The van der Waals surface area contributed by atoms with Crippen molar-refractivity contribution < 1.29 is 18.3 Å². The van der Waals surface area contributed by atoms with E-state index in [9.17, 15) is 13.6 Å². The molecule has 1 aromatic rings. The number of rotatable bonds is 4. The van der Waals surface area contributed by atoms with Crippen LogP contribution in [0, 0.1) is 5.92 Å². The van der Waals surface area contributed by atoms with E-state index in [1.54, 1.807) is 0 Å². The number of amides is 1. The van der Waals surface area contributed by atoms with E-state index < -0.39 is 6.61 Å². The van der Waals surface area contributed by atoms with Gasteiger partial charge in [0.25, 0.3) is 0 Å². The number of halogens is 3. The van der Waals surface area contributed by atoms with Gasteiger partial charge in [-0.25, -0.2) is 0 Å². The van der Waals surface area contributed by atoms with Crippen molar-refractivity contribution in [2.45, 2.75) is 32.4 Å². The van der Waals surface area contributed by atoms with Crippen molar-refractivity contribution in [3.63, 3.8) is 0 Å². The number of alkyl halides is 2. The van der Waals surface area contributed by atoms with Gasteiger partial charge in [-0.05, 0) is 43.5 Å². The molecule has 4 nitrogen and oxygen atoms in total. The largest absolute Gasteiger partial charge is 0.433 e. The maximum Gasteiger partial charge on any atom is 0.387 e. The number of anilines is 1. The lowest BCUT2D eigenvalue weighted by Crippen LogP contribution is -2.48. The van der Waals surface area contributed by atoms with Gasteiger partial charge < -0.3 is 15.4 Å².